The number of anilines is 1. The fraction of sp³-hybridized carbons (Fsp3) is 0.333. The first kappa shape index (κ1) is 57.1. The number of hydrogen-bond donors (Lipinski definition) is 0. The van der Waals surface area contributed by atoms with E-state index in [4.69, 9.17) is 24.1 Å². The number of ketones is 2. The fourth-order valence-corrected chi connectivity index (χ4v) is 13.3. The quantitative estimate of drug-likeness (QED) is 0.0332. The van der Waals surface area contributed by atoms with E-state index in [9.17, 15) is 28.1 Å². The number of carbonyl (C=O) groups is 2. The molecule has 3 aromatic heterocycles. The number of rotatable bonds is 23. The molecule has 12 rings (SSSR count). The Labute approximate surface area is 487 Å². The Balaban J connectivity index is 0.000000176. The number of ether oxygens (including phenoxy) is 2. The summed E-state index contributed by atoms with van der Waals surface area (Å²) in [5.41, 5.74) is 9.69. The van der Waals surface area contributed by atoms with Crippen molar-refractivity contribution in [3.63, 3.8) is 0 Å². The molecule has 0 saturated carbocycles. The molecule has 2 aliphatic heterocycles. The van der Waals surface area contributed by atoms with Gasteiger partial charge in [-0.15, -0.1) is 0 Å². The van der Waals surface area contributed by atoms with Crippen molar-refractivity contribution in [1.82, 2.24) is 29.4 Å². The molecular formula is C66H68N8O9S. The standard InChI is InChI=1S/C36H39N3O4S.C30H29N5O5/c1-38(2)32-16-9-13-29-28(32)12-10-18-34(29)44(41,42)25-7-5-3-4-6-24-43-27-21-19-26(20-22-27)36-37-31-15-8-14-30-33(40)17-11-23-39(36)35(30)31;36-26-11-7-18-34-29-23(26)9-6-10-24(29)31-30(34)21-12-15-22(16-13-21)39-19-5-3-1-2-4-8-20-14-17-25(35(37)38)28-27(20)32-40-33-28/h8-10,12-16,18-22H,3-7,11,17,23-25H2,1-2H3;6,9-10,12-17H,1-5,7-8,11,18-19H2. The molecule has 0 atom stereocenters. The zero-order chi connectivity index (χ0) is 58.2. The highest BCUT2D eigenvalue weighted by Gasteiger charge is 2.25. The molecule has 84 heavy (non-hydrogen) atoms. The number of nitro groups is 1. The van der Waals surface area contributed by atoms with E-state index in [0.717, 1.165) is 180 Å². The molecule has 0 saturated heterocycles. The summed E-state index contributed by atoms with van der Waals surface area (Å²) in [4.78, 5) is 47.9. The Bertz CT molecular complexity index is 4130. The first-order chi connectivity index (χ1) is 40.9. The number of para-hydroxylation sites is 2. The smallest absolute Gasteiger partial charge is 0.300 e. The molecule has 0 unspecified atom stereocenters. The Morgan fingerprint density at radius 1 is 0.583 bits per heavy atom. The minimum atomic E-state index is -3.37. The maximum atomic E-state index is 13.2. The van der Waals surface area contributed by atoms with Crippen LogP contribution in [0.1, 0.15) is 116 Å². The van der Waals surface area contributed by atoms with Crippen molar-refractivity contribution in [2.24, 2.45) is 0 Å². The van der Waals surface area contributed by atoms with Gasteiger partial charge >= 0.3 is 5.69 Å². The minimum Gasteiger partial charge on any atom is -0.494 e. The molecule has 0 radical (unpaired) electrons. The molecule has 2 aliphatic rings. The van der Waals surface area contributed by atoms with Crippen LogP contribution in [0.4, 0.5) is 11.4 Å². The summed E-state index contributed by atoms with van der Waals surface area (Å²) in [6.45, 7) is 2.82. The van der Waals surface area contributed by atoms with Gasteiger partial charge in [-0.3, -0.25) is 19.7 Å². The van der Waals surface area contributed by atoms with E-state index in [-0.39, 0.29) is 28.5 Å². The lowest BCUT2D eigenvalue weighted by Crippen LogP contribution is -2.10. The number of carbonyl (C=O) groups excluding carboxylic acids is 2. The van der Waals surface area contributed by atoms with E-state index in [1.807, 2.05) is 134 Å². The molecule has 7 aromatic carbocycles. The number of hydrogen-bond acceptors (Lipinski definition) is 14. The van der Waals surface area contributed by atoms with Gasteiger partial charge in [0.15, 0.2) is 21.4 Å². The lowest BCUT2D eigenvalue weighted by atomic mass is 10.0. The van der Waals surface area contributed by atoms with Crippen molar-refractivity contribution in [3.8, 4) is 34.3 Å². The molecule has 0 amide bonds. The summed E-state index contributed by atoms with van der Waals surface area (Å²) in [7, 11) is 0.574. The van der Waals surface area contributed by atoms with Gasteiger partial charge in [0.2, 0.25) is 5.52 Å². The van der Waals surface area contributed by atoms with Gasteiger partial charge in [-0.25, -0.2) is 23.0 Å². The maximum absolute atomic E-state index is 13.2. The van der Waals surface area contributed by atoms with E-state index in [1.54, 1.807) is 12.1 Å². The van der Waals surface area contributed by atoms with E-state index >= 15 is 0 Å². The van der Waals surface area contributed by atoms with Gasteiger partial charge in [0.1, 0.15) is 28.7 Å². The second-order valence-electron chi connectivity index (χ2n) is 21.9. The Morgan fingerprint density at radius 2 is 1.10 bits per heavy atom. The van der Waals surface area contributed by atoms with Crippen LogP contribution in [0.25, 0.3) is 66.6 Å². The number of sulfone groups is 1. The number of unbranched alkanes of at least 4 members (excludes halogenated alkanes) is 8. The highest BCUT2D eigenvalue weighted by atomic mass is 32.2. The number of nitrogens with zero attached hydrogens (tertiary/aromatic N) is 8. The van der Waals surface area contributed by atoms with E-state index in [2.05, 4.69) is 19.4 Å². The van der Waals surface area contributed by atoms with Crippen LogP contribution in [0, 0.1) is 10.1 Å². The normalized spacial score (nSPS) is 13.3. The Kier molecular flexibility index (Phi) is 17.5. The largest absolute Gasteiger partial charge is 0.494 e. The molecule has 432 valence electrons. The topological polar surface area (TPSA) is 208 Å². The second kappa shape index (κ2) is 25.8. The molecule has 0 spiro atoms. The minimum absolute atomic E-state index is 0.0822. The molecule has 0 fully saturated rings. The van der Waals surface area contributed by atoms with Crippen molar-refractivity contribution >= 4 is 76.7 Å². The van der Waals surface area contributed by atoms with E-state index < -0.39 is 14.8 Å². The molecular weight excluding hydrogens is 1080 g/mol. The highest BCUT2D eigenvalue weighted by molar-refractivity contribution is 7.91. The maximum Gasteiger partial charge on any atom is 0.300 e. The van der Waals surface area contributed by atoms with Crippen LogP contribution in [0.5, 0.6) is 11.5 Å². The van der Waals surface area contributed by atoms with Gasteiger partial charge in [0, 0.05) is 84.8 Å². The van der Waals surface area contributed by atoms with Crippen LogP contribution in [-0.4, -0.2) is 87.4 Å². The summed E-state index contributed by atoms with van der Waals surface area (Å²) < 4.78 is 47.5. The van der Waals surface area contributed by atoms with Crippen LogP contribution >= 0.6 is 0 Å². The lowest BCUT2D eigenvalue weighted by molar-refractivity contribution is -0.383. The van der Waals surface area contributed by atoms with Crippen LogP contribution in [0.15, 0.2) is 143 Å². The van der Waals surface area contributed by atoms with Gasteiger partial charge in [-0.05, 0) is 152 Å². The zero-order valence-electron chi connectivity index (χ0n) is 47.5. The predicted molar refractivity (Wildman–Crippen MR) is 327 cm³/mol. The van der Waals surface area contributed by atoms with Crippen LogP contribution < -0.4 is 14.4 Å². The zero-order valence-corrected chi connectivity index (χ0v) is 48.3. The van der Waals surface area contributed by atoms with Crippen molar-refractivity contribution in [1.29, 1.82) is 0 Å². The predicted octanol–water partition coefficient (Wildman–Crippen LogP) is 14.4. The number of aromatic nitrogens is 6. The summed E-state index contributed by atoms with van der Waals surface area (Å²) >= 11 is 0. The van der Waals surface area contributed by atoms with Crippen LogP contribution in [-0.2, 0) is 29.3 Å². The first-order valence-corrected chi connectivity index (χ1v) is 30.9. The molecule has 10 aromatic rings. The summed E-state index contributed by atoms with van der Waals surface area (Å²) in [5.74, 6) is 3.95. The van der Waals surface area contributed by atoms with Gasteiger partial charge in [0.05, 0.1) is 50.9 Å². The summed E-state index contributed by atoms with van der Waals surface area (Å²) in [6, 6.07) is 42.2. The van der Waals surface area contributed by atoms with E-state index in [1.165, 1.54) is 6.07 Å². The van der Waals surface area contributed by atoms with E-state index in [0.29, 0.717) is 42.9 Å². The molecule has 0 bridgehead atoms. The number of nitro benzene ring substituents is 1. The number of fused-ring (bicyclic) bond motifs is 2. The highest BCUT2D eigenvalue weighted by Crippen LogP contribution is 2.35. The van der Waals surface area contributed by atoms with Gasteiger partial charge in [-0.1, -0.05) is 74.9 Å². The number of non-ortho nitro benzene ring substituents is 1. The molecule has 0 aliphatic carbocycles. The monoisotopic (exact) mass is 1150 g/mol. The van der Waals surface area contributed by atoms with Crippen molar-refractivity contribution in [2.75, 3.05) is 38.0 Å². The van der Waals surface area contributed by atoms with Crippen LogP contribution in [0.3, 0.4) is 0 Å². The lowest BCUT2D eigenvalue weighted by Gasteiger charge is -2.17. The number of imidazole rings is 2. The number of benzene rings is 7. The summed E-state index contributed by atoms with van der Waals surface area (Å²) in [5, 5.41) is 20.4. The third-order valence-electron chi connectivity index (χ3n) is 16.0. The van der Waals surface area contributed by atoms with Gasteiger partial charge in [0.25, 0.3) is 0 Å². The number of aryl methyl sites for hydroxylation is 3. The van der Waals surface area contributed by atoms with Gasteiger partial charge in [-0.2, -0.15) is 0 Å². The second-order valence-corrected chi connectivity index (χ2v) is 24.0. The molecule has 0 N–H and O–H groups in total. The molecule has 17 nitrogen and oxygen atoms in total. The third-order valence-corrected chi connectivity index (χ3v) is 17.8. The SMILES string of the molecule is CN(C)c1cccc2c(S(=O)(=O)CCCCCCCOc3ccc(-c4nc5cccc6c5n4CCCC6=O)cc3)cccc12.O=C1CCCn2c(-c3ccc(OCCCCCCCc4ccc([N+](=O)[O-])c5nonc45)cc3)nc3cccc1c32. The average molecular weight is 1150 g/mol. The van der Waals surface area contributed by atoms with Gasteiger partial charge < -0.3 is 23.5 Å². The van der Waals surface area contributed by atoms with Crippen molar-refractivity contribution in [2.45, 2.75) is 114 Å². The van der Waals surface area contributed by atoms with Crippen LogP contribution in [0.2, 0.25) is 0 Å². The molecule has 5 heterocycles. The third kappa shape index (κ3) is 12.4. The summed E-state index contributed by atoms with van der Waals surface area (Å²) in [6.07, 6.45) is 13.0. The Morgan fingerprint density at radius 3 is 1.67 bits per heavy atom. The molecule has 18 heteroatoms. The van der Waals surface area contributed by atoms with Crippen molar-refractivity contribution in [3.05, 3.63) is 160 Å². The average Bonchev–Trinajstić information content (AvgIpc) is 2.50. The van der Waals surface area contributed by atoms with Crippen molar-refractivity contribution < 1.29 is 37.0 Å². The first-order valence-electron chi connectivity index (χ1n) is 29.3. The Hall–Kier alpha value is -8.77. The fourth-order valence-electron chi connectivity index (χ4n) is 11.7. The number of Topliss-reactive ketones (excluding diaryl/α,β-unsaturated/α-hetero) is 2.